The van der Waals surface area contributed by atoms with Gasteiger partial charge in [0.1, 0.15) is 5.84 Å². The van der Waals surface area contributed by atoms with Crippen LogP contribution < -0.4 is 21.7 Å². The van der Waals surface area contributed by atoms with Gasteiger partial charge in [0.25, 0.3) is 0 Å². The number of nitrogens with zero attached hydrogens (tertiary/aromatic N) is 2. The molecule has 10 rings (SSSR count). The van der Waals surface area contributed by atoms with Gasteiger partial charge < -0.3 is 21.7 Å². The molecule has 5 aliphatic heterocycles. The molecule has 0 atom stereocenters. The van der Waals surface area contributed by atoms with Gasteiger partial charge in [-0.1, -0.05) is 72.9 Å². The van der Waals surface area contributed by atoms with Crippen LogP contribution in [0.15, 0.2) is 101 Å². The van der Waals surface area contributed by atoms with Gasteiger partial charge in [0.15, 0.2) is 0 Å². The van der Waals surface area contributed by atoms with E-state index in [1.807, 2.05) is 64.1 Å². The van der Waals surface area contributed by atoms with Crippen LogP contribution in [0.25, 0.3) is 0 Å². The summed E-state index contributed by atoms with van der Waals surface area (Å²) in [5, 5.41) is 10.2. The molecule has 0 aromatic heterocycles. The third kappa shape index (κ3) is 9.73. The van der Waals surface area contributed by atoms with Crippen molar-refractivity contribution in [2.45, 2.75) is 118 Å². The Kier molecular flexibility index (Phi) is 13.6. The minimum Gasteiger partial charge on any atom is -0.386 e. The monoisotopic (exact) mass is 892 g/mol. The fourth-order valence-corrected chi connectivity index (χ4v) is 9.37. The normalized spacial score (nSPS) is 17.5. The number of rotatable bonds is 0. The molecule has 64 heavy (non-hydrogen) atoms. The zero-order chi connectivity index (χ0) is 47.1. The Balaban J connectivity index is 0.000000133. The number of aliphatic imine (C=N–C) groups is 2. The highest BCUT2D eigenvalue weighted by atomic mass is 32.2. The second kappa shape index (κ2) is 18.1. The molecular weight excluding hydrogens is 829 g/mol. The molecule has 0 bridgehead atoms. The summed E-state index contributed by atoms with van der Waals surface area (Å²) < 4.78 is 0. The van der Waals surface area contributed by atoms with E-state index in [0.29, 0.717) is 12.3 Å². The van der Waals surface area contributed by atoms with Crippen molar-refractivity contribution in [1.82, 2.24) is 0 Å². The maximum Gasteiger partial charge on any atom is 0.234 e. The second-order valence-corrected chi connectivity index (χ2v) is 20.8. The summed E-state index contributed by atoms with van der Waals surface area (Å²) in [6.45, 7) is 27.2. The van der Waals surface area contributed by atoms with Gasteiger partial charge in [0.05, 0.1) is 33.2 Å². The Hall–Kier alpha value is -5.58. The van der Waals surface area contributed by atoms with Gasteiger partial charge in [-0.15, -0.1) is 11.8 Å². The molecule has 0 unspecified atom stereocenters. The summed E-state index contributed by atoms with van der Waals surface area (Å²) in [5.41, 5.74) is 23.1. The molecule has 0 saturated heterocycles. The number of fused-ring (bicyclic) bond motifs is 5. The van der Waals surface area contributed by atoms with Crippen LogP contribution in [0.1, 0.15) is 111 Å². The molecule has 8 nitrogen and oxygen atoms in total. The molecule has 0 radical (unpaired) electrons. The lowest BCUT2D eigenvalue weighted by atomic mass is 9.84. The lowest BCUT2D eigenvalue weighted by molar-refractivity contribution is -0.119. The average molecular weight is 893 g/mol. The Bertz CT molecular complexity index is 2660. The number of carbonyl (C=O) groups is 2. The first-order chi connectivity index (χ1) is 29.9. The van der Waals surface area contributed by atoms with Gasteiger partial charge in [-0.05, 0) is 182 Å². The van der Waals surface area contributed by atoms with Gasteiger partial charge in [-0.3, -0.25) is 9.59 Å². The highest BCUT2D eigenvalue weighted by Crippen LogP contribution is 2.43. The summed E-state index contributed by atoms with van der Waals surface area (Å²) in [6.07, 6.45) is 2.63. The fourth-order valence-electron chi connectivity index (χ4n) is 8.34. The molecular formula is C54H64N6O2S2. The largest absolute Gasteiger partial charge is 0.386 e. The van der Waals surface area contributed by atoms with Crippen LogP contribution in [-0.2, 0) is 37.7 Å². The van der Waals surface area contributed by atoms with E-state index in [0.717, 1.165) is 38.9 Å². The molecule has 5 aliphatic rings. The van der Waals surface area contributed by atoms with E-state index in [9.17, 15) is 9.59 Å². The molecule has 334 valence electrons. The van der Waals surface area contributed by atoms with Crippen molar-refractivity contribution in [3.63, 3.8) is 0 Å². The van der Waals surface area contributed by atoms with Crippen molar-refractivity contribution in [2.24, 2.45) is 15.7 Å². The number of nitrogens with two attached hydrogens (primary N) is 1. The summed E-state index contributed by atoms with van der Waals surface area (Å²) in [6, 6.07) is 31.4. The third-order valence-electron chi connectivity index (χ3n) is 12.7. The van der Waals surface area contributed by atoms with Crippen molar-refractivity contribution in [2.75, 3.05) is 22.2 Å². The smallest absolute Gasteiger partial charge is 0.234 e. The molecule has 5 aromatic carbocycles. The number of carbonyl (C=O) groups excluding carboxylic acids is 2. The molecule has 0 saturated carbocycles. The summed E-state index contributed by atoms with van der Waals surface area (Å²) in [7, 11) is 0. The first-order valence-electron chi connectivity index (χ1n) is 21.8. The predicted molar refractivity (Wildman–Crippen MR) is 277 cm³/mol. The number of benzene rings is 5. The Morgan fingerprint density at radius 1 is 0.531 bits per heavy atom. The number of thiocarbonyl (C=S) groups is 1. The molecule has 5 heterocycles. The van der Waals surface area contributed by atoms with Gasteiger partial charge >= 0.3 is 0 Å². The maximum atomic E-state index is 11.6. The highest BCUT2D eigenvalue weighted by Gasteiger charge is 2.38. The quantitative estimate of drug-likeness (QED) is 0.115. The van der Waals surface area contributed by atoms with Crippen LogP contribution in [-0.4, -0.2) is 33.9 Å². The topological polar surface area (TPSA) is 121 Å². The molecule has 10 heteroatoms. The highest BCUT2D eigenvalue weighted by molar-refractivity contribution is 8.13. The van der Waals surface area contributed by atoms with E-state index in [-0.39, 0.29) is 33.5 Å². The summed E-state index contributed by atoms with van der Waals surface area (Å²) >= 11 is 7.04. The number of nitrogens with one attached hydrogen (secondary N) is 3. The number of amidine groups is 1. The molecule has 5 N–H and O–H groups in total. The lowest BCUT2D eigenvalue weighted by Crippen LogP contribution is -2.32. The standard InChI is InChI=1S/C12H15NS.C11H14N2.C11H13NO.C11H13NS.C9H9NO/c1-8-5-6-9-10(7-8)13-11(14-4)12(9,2)3;1-7-4-5-8-9(6-7)13-10(12)11(8,2)3;2*1-7-4-5-8-9(6-7)12-10(13)11(8,2)3;1-6-2-3-7-5-9(11)10-8(7)4-6/h5-7H,1-4H3;4-6H,1-3H3,(H2,12,13);2*4-6H,1-3H3,(H,12,13);2-4H,5H2,1H3,(H,10,11). The average Bonchev–Trinajstić information content (AvgIpc) is 3.91. The summed E-state index contributed by atoms with van der Waals surface area (Å²) in [4.78, 5) is 32.4. The van der Waals surface area contributed by atoms with E-state index < -0.39 is 0 Å². The number of aryl methyl sites for hydroxylation is 5. The van der Waals surface area contributed by atoms with Gasteiger partial charge in [-0.2, -0.15) is 0 Å². The van der Waals surface area contributed by atoms with Crippen LogP contribution in [0.2, 0.25) is 0 Å². The zero-order valence-electron chi connectivity index (χ0n) is 40.0. The SMILES string of the molecule is CSC1=Nc2cc(C)ccc2C1(C)C.Cc1ccc2c(c1)N=C(N)C2(C)C.Cc1ccc2c(c1)NC(=O)C2.Cc1ccc2c(c1)NC(=O)C2(C)C.Cc1ccc2c(c1)NC(=S)C2(C)C. The fraction of sp³-hybridized carbons (Fsp3) is 0.352. The summed E-state index contributed by atoms with van der Waals surface area (Å²) in [5.74, 6) is 0.909. The molecule has 0 aliphatic carbocycles. The van der Waals surface area contributed by atoms with Crippen molar-refractivity contribution < 1.29 is 9.59 Å². The zero-order valence-corrected chi connectivity index (χ0v) is 41.6. The van der Waals surface area contributed by atoms with Crippen LogP contribution in [0.4, 0.5) is 28.4 Å². The number of anilines is 3. The van der Waals surface area contributed by atoms with Gasteiger partial charge in [-0.25, -0.2) is 9.98 Å². The van der Waals surface area contributed by atoms with Gasteiger partial charge in [0, 0.05) is 33.3 Å². The van der Waals surface area contributed by atoms with Crippen molar-refractivity contribution >= 4 is 80.1 Å². The molecule has 2 amide bonds. The predicted octanol–water partition coefficient (Wildman–Crippen LogP) is 12.7. The number of hydrogen-bond acceptors (Lipinski definition) is 7. The number of hydrogen-bond donors (Lipinski definition) is 4. The Morgan fingerprint density at radius 3 is 1.52 bits per heavy atom. The van der Waals surface area contributed by atoms with Crippen LogP contribution >= 0.6 is 24.0 Å². The number of amides is 2. The molecule has 0 fully saturated rings. The first kappa shape index (κ1) is 47.9. The second-order valence-electron chi connectivity index (χ2n) is 19.6. The van der Waals surface area contributed by atoms with Crippen molar-refractivity contribution in [3.05, 3.63) is 147 Å². The minimum atomic E-state index is -0.372. The first-order valence-corrected chi connectivity index (χ1v) is 23.4. The third-order valence-corrected chi connectivity index (χ3v) is 14.3. The van der Waals surface area contributed by atoms with Crippen molar-refractivity contribution in [3.8, 4) is 0 Å². The van der Waals surface area contributed by atoms with E-state index in [2.05, 4.69) is 149 Å². The van der Waals surface area contributed by atoms with Crippen LogP contribution in [0.5, 0.6) is 0 Å². The van der Waals surface area contributed by atoms with Crippen molar-refractivity contribution in [1.29, 1.82) is 0 Å². The van der Waals surface area contributed by atoms with E-state index in [1.54, 1.807) is 11.8 Å². The minimum absolute atomic E-state index is 0.00162. The molecule has 0 spiro atoms. The number of thioether (sulfide) groups is 1. The van der Waals surface area contributed by atoms with E-state index in [4.69, 9.17) is 18.0 Å². The van der Waals surface area contributed by atoms with Crippen LogP contribution in [0.3, 0.4) is 0 Å². The Morgan fingerprint density at radius 2 is 0.969 bits per heavy atom. The molecule has 5 aromatic rings. The lowest BCUT2D eigenvalue weighted by Gasteiger charge is -2.20. The maximum absolute atomic E-state index is 11.6. The van der Waals surface area contributed by atoms with E-state index >= 15 is 0 Å². The van der Waals surface area contributed by atoms with Gasteiger partial charge in [0.2, 0.25) is 11.8 Å². The van der Waals surface area contributed by atoms with E-state index in [1.165, 1.54) is 55.2 Å². The Labute approximate surface area is 390 Å². The van der Waals surface area contributed by atoms with Crippen LogP contribution in [0, 0.1) is 34.6 Å².